The highest BCUT2D eigenvalue weighted by molar-refractivity contribution is 5.03. The molecule has 1 aliphatic carbocycles. The minimum Gasteiger partial charge on any atom is -0.467 e. The van der Waals surface area contributed by atoms with Crippen LogP contribution in [0.25, 0.3) is 0 Å². The average Bonchev–Trinajstić information content (AvgIpc) is 2.68. The molecule has 1 aliphatic rings. The third kappa shape index (κ3) is 2.85. The monoisotopic (exact) mass is 208 g/mol. The maximum atomic E-state index is 10.2. The Morgan fingerprint density at radius 2 is 1.80 bits per heavy atom. The van der Waals surface area contributed by atoms with E-state index in [-0.39, 0.29) is 0 Å². The van der Waals surface area contributed by atoms with Gasteiger partial charge in [0.05, 0.1) is 6.26 Å². The molecule has 1 fully saturated rings. The summed E-state index contributed by atoms with van der Waals surface area (Å²) in [5.41, 5.74) is 0. The van der Waals surface area contributed by atoms with E-state index in [2.05, 4.69) is 0 Å². The van der Waals surface area contributed by atoms with Crippen LogP contribution in [0, 0.1) is 5.92 Å². The summed E-state index contributed by atoms with van der Waals surface area (Å²) in [6, 6.07) is 3.73. The van der Waals surface area contributed by atoms with E-state index in [0.717, 1.165) is 18.6 Å². The lowest BCUT2D eigenvalue weighted by molar-refractivity contribution is 0.0711. The molecule has 1 heterocycles. The maximum Gasteiger partial charge on any atom is 0.132 e. The topological polar surface area (TPSA) is 33.4 Å². The van der Waals surface area contributed by atoms with E-state index < -0.39 is 6.10 Å². The average molecular weight is 208 g/mol. The Morgan fingerprint density at radius 3 is 2.40 bits per heavy atom. The Hall–Kier alpha value is -0.760. The molecule has 0 amide bonds. The van der Waals surface area contributed by atoms with Gasteiger partial charge in [0.25, 0.3) is 0 Å². The van der Waals surface area contributed by atoms with Gasteiger partial charge in [0.1, 0.15) is 11.9 Å². The molecule has 2 nitrogen and oxygen atoms in total. The van der Waals surface area contributed by atoms with Crippen molar-refractivity contribution in [2.24, 2.45) is 5.92 Å². The van der Waals surface area contributed by atoms with Gasteiger partial charge in [-0.1, -0.05) is 32.1 Å². The molecule has 2 rings (SSSR count). The highest BCUT2D eigenvalue weighted by Gasteiger charge is 2.23. The van der Waals surface area contributed by atoms with E-state index in [0.29, 0.717) is 5.92 Å². The number of hydrogen-bond acceptors (Lipinski definition) is 2. The van der Waals surface area contributed by atoms with Crippen molar-refractivity contribution in [3.63, 3.8) is 0 Å². The lowest BCUT2D eigenvalue weighted by atomic mass is 9.86. The smallest absolute Gasteiger partial charge is 0.132 e. The Labute approximate surface area is 91.3 Å². The van der Waals surface area contributed by atoms with Crippen molar-refractivity contribution in [2.45, 2.75) is 51.0 Å². The predicted molar refractivity (Wildman–Crippen MR) is 59.5 cm³/mol. The molecule has 0 radical (unpaired) electrons. The SMILES string of the molecule is OC(c1ccco1)C1CCCCCCC1. The van der Waals surface area contributed by atoms with Crippen LogP contribution in [0.4, 0.5) is 0 Å². The molecule has 0 saturated heterocycles. The number of hydrogen-bond donors (Lipinski definition) is 1. The fourth-order valence-corrected chi connectivity index (χ4v) is 2.50. The van der Waals surface area contributed by atoms with Gasteiger partial charge in [-0.15, -0.1) is 0 Å². The van der Waals surface area contributed by atoms with Crippen LogP contribution in [0.5, 0.6) is 0 Å². The van der Waals surface area contributed by atoms with E-state index in [1.165, 1.54) is 32.1 Å². The van der Waals surface area contributed by atoms with Gasteiger partial charge in [0.2, 0.25) is 0 Å². The molecule has 15 heavy (non-hydrogen) atoms. The minimum atomic E-state index is -0.391. The Morgan fingerprint density at radius 1 is 1.13 bits per heavy atom. The molecule has 1 N–H and O–H groups in total. The molecule has 0 spiro atoms. The fourth-order valence-electron chi connectivity index (χ4n) is 2.50. The summed E-state index contributed by atoms with van der Waals surface area (Å²) in [5, 5.41) is 10.2. The molecule has 1 aromatic rings. The van der Waals surface area contributed by atoms with Gasteiger partial charge in [-0.25, -0.2) is 0 Å². The first kappa shape index (κ1) is 10.7. The lowest BCUT2D eigenvalue weighted by Gasteiger charge is -2.23. The first-order chi connectivity index (χ1) is 7.38. The van der Waals surface area contributed by atoms with Crippen LogP contribution < -0.4 is 0 Å². The second-order valence-corrected chi connectivity index (χ2v) is 4.57. The number of aliphatic hydroxyl groups is 1. The maximum absolute atomic E-state index is 10.2. The molecule has 2 heteroatoms. The largest absolute Gasteiger partial charge is 0.467 e. The van der Waals surface area contributed by atoms with E-state index in [9.17, 15) is 5.11 Å². The summed E-state index contributed by atoms with van der Waals surface area (Å²) in [5.74, 6) is 1.14. The van der Waals surface area contributed by atoms with Crippen LogP contribution in [-0.4, -0.2) is 5.11 Å². The van der Waals surface area contributed by atoms with Gasteiger partial charge in [0.15, 0.2) is 0 Å². The van der Waals surface area contributed by atoms with Crippen molar-refractivity contribution in [1.29, 1.82) is 0 Å². The van der Waals surface area contributed by atoms with Crippen molar-refractivity contribution in [3.05, 3.63) is 24.2 Å². The van der Waals surface area contributed by atoms with E-state index in [1.54, 1.807) is 6.26 Å². The molecule has 0 aliphatic heterocycles. The fraction of sp³-hybridized carbons (Fsp3) is 0.692. The van der Waals surface area contributed by atoms with Crippen LogP contribution in [0.2, 0.25) is 0 Å². The summed E-state index contributed by atoms with van der Waals surface area (Å²) < 4.78 is 5.27. The van der Waals surface area contributed by atoms with Crippen LogP contribution in [-0.2, 0) is 0 Å². The normalized spacial score (nSPS) is 21.9. The van der Waals surface area contributed by atoms with Gasteiger partial charge in [-0.3, -0.25) is 0 Å². The van der Waals surface area contributed by atoms with Gasteiger partial charge < -0.3 is 9.52 Å². The zero-order valence-corrected chi connectivity index (χ0v) is 9.19. The molecule has 1 saturated carbocycles. The zero-order valence-electron chi connectivity index (χ0n) is 9.19. The summed E-state index contributed by atoms with van der Waals surface area (Å²) in [4.78, 5) is 0. The van der Waals surface area contributed by atoms with E-state index in [4.69, 9.17) is 4.42 Å². The molecule has 1 atom stereocenters. The van der Waals surface area contributed by atoms with Gasteiger partial charge in [0, 0.05) is 0 Å². The predicted octanol–water partition coefficient (Wildman–Crippen LogP) is 3.67. The summed E-state index contributed by atoms with van der Waals surface area (Å²) in [7, 11) is 0. The van der Waals surface area contributed by atoms with Crippen molar-refractivity contribution in [3.8, 4) is 0 Å². The molecular weight excluding hydrogens is 188 g/mol. The second-order valence-electron chi connectivity index (χ2n) is 4.57. The van der Waals surface area contributed by atoms with Crippen molar-refractivity contribution < 1.29 is 9.52 Å². The highest BCUT2D eigenvalue weighted by atomic mass is 16.4. The van der Waals surface area contributed by atoms with E-state index >= 15 is 0 Å². The van der Waals surface area contributed by atoms with Gasteiger partial charge in [-0.05, 0) is 30.9 Å². The van der Waals surface area contributed by atoms with Crippen LogP contribution in [0.1, 0.15) is 56.8 Å². The Bertz CT molecular complexity index is 258. The van der Waals surface area contributed by atoms with Crippen molar-refractivity contribution in [2.75, 3.05) is 0 Å². The van der Waals surface area contributed by atoms with Crippen LogP contribution in [0.3, 0.4) is 0 Å². The summed E-state index contributed by atoms with van der Waals surface area (Å²) >= 11 is 0. The number of rotatable bonds is 2. The second kappa shape index (κ2) is 5.36. The van der Waals surface area contributed by atoms with E-state index in [1.807, 2.05) is 12.1 Å². The third-order valence-electron chi connectivity index (χ3n) is 3.43. The standard InChI is InChI=1S/C13H20O2/c14-13(12-9-6-10-15-12)11-7-4-2-1-3-5-8-11/h6,9-11,13-14H,1-5,7-8H2. The molecule has 0 bridgehead atoms. The molecule has 1 unspecified atom stereocenters. The Kier molecular flexibility index (Phi) is 3.84. The van der Waals surface area contributed by atoms with Crippen molar-refractivity contribution in [1.82, 2.24) is 0 Å². The third-order valence-corrected chi connectivity index (χ3v) is 3.43. The summed E-state index contributed by atoms with van der Waals surface area (Å²) in [6.07, 6.45) is 10.0. The van der Waals surface area contributed by atoms with Crippen LogP contribution >= 0.6 is 0 Å². The highest BCUT2D eigenvalue weighted by Crippen LogP contribution is 2.32. The van der Waals surface area contributed by atoms with Crippen molar-refractivity contribution >= 4 is 0 Å². The first-order valence-corrected chi connectivity index (χ1v) is 6.09. The first-order valence-electron chi connectivity index (χ1n) is 6.09. The Balaban J connectivity index is 1.95. The molecular formula is C13H20O2. The quantitative estimate of drug-likeness (QED) is 0.804. The molecule has 84 valence electrons. The van der Waals surface area contributed by atoms with Crippen LogP contribution in [0.15, 0.2) is 22.8 Å². The van der Waals surface area contributed by atoms with Gasteiger partial charge >= 0.3 is 0 Å². The zero-order chi connectivity index (χ0) is 10.5. The minimum absolute atomic E-state index is 0.391. The number of aliphatic hydroxyl groups excluding tert-OH is 1. The lowest BCUT2D eigenvalue weighted by Crippen LogP contribution is -2.13. The number of furan rings is 1. The summed E-state index contributed by atoms with van der Waals surface area (Å²) in [6.45, 7) is 0. The van der Waals surface area contributed by atoms with Gasteiger partial charge in [-0.2, -0.15) is 0 Å². The molecule has 1 aromatic heterocycles. The molecule has 0 aromatic carbocycles.